The maximum Gasteiger partial charge on any atom is 0.408 e. The van der Waals surface area contributed by atoms with Crippen molar-refractivity contribution in [3.63, 3.8) is 0 Å². The molecular formula is C17H17ClF3N3O2. The Labute approximate surface area is 153 Å². The zero-order valence-corrected chi connectivity index (χ0v) is 15.0. The summed E-state index contributed by atoms with van der Waals surface area (Å²) in [6.45, 7) is 2.61. The summed E-state index contributed by atoms with van der Waals surface area (Å²) in [4.78, 5) is 14.4. The lowest BCUT2D eigenvalue weighted by molar-refractivity contribution is -0.142. The third kappa shape index (κ3) is 3.65. The molecule has 0 fully saturated rings. The number of carbonyl (C=O) groups is 1. The molecule has 5 nitrogen and oxygen atoms in total. The molecule has 0 unspecified atom stereocenters. The second kappa shape index (κ2) is 6.83. The highest BCUT2D eigenvalue weighted by molar-refractivity contribution is 6.32. The smallest absolute Gasteiger partial charge is 0.408 e. The Balaban J connectivity index is 1.85. The van der Waals surface area contributed by atoms with E-state index in [9.17, 15) is 18.0 Å². The van der Waals surface area contributed by atoms with Gasteiger partial charge in [0.1, 0.15) is 13.2 Å². The highest BCUT2D eigenvalue weighted by atomic mass is 35.5. The van der Waals surface area contributed by atoms with E-state index in [1.54, 1.807) is 36.9 Å². The Hall–Kier alpha value is -2.22. The Bertz CT molecular complexity index is 849. The molecule has 9 heteroatoms. The van der Waals surface area contributed by atoms with Crippen molar-refractivity contribution >= 4 is 23.2 Å². The summed E-state index contributed by atoms with van der Waals surface area (Å²) in [5.74, 6) is 0.199. The first-order valence-corrected chi connectivity index (χ1v) is 8.36. The van der Waals surface area contributed by atoms with Crippen LogP contribution in [0.2, 0.25) is 5.02 Å². The normalized spacial score (nSPS) is 14.2. The van der Waals surface area contributed by atoms with E-state index in [1.165, 1.54) is 0 Å². The molecule has 0 bridgehead atoms. The van der Waals surface area contributed by atoms with E-state index in [0.717, 1.165) is 4.68 Å². The zero-order valence-electron chi connectivity index (χ0n) is 14.2. The molecule has 1 aromatic carbocycles. The number of hydrogen-bond donors (Lipinski definition) is 0. The molecule has 0 saturated carbocycles. The van der Waals surface area contributed by atoms with Crippen LogP contribution < -0.4 is 9.64 Å². The zero-order chi connectivity index (χ0) is 19.1. The minimum Gasteiger partial charge on any atom is -0.488 e. The third-order valence-corrected chi connectivity index (χ3v) is 4.59. The minimum atomic E-state index is -4.37. The number of anilines is 1. The number of para-hydroxylation sites is 1. The molecule has 1 aromatic heterocycles. The molecule has 3 rings (SSSR count). The van der Waals surface area contributed by atoms with Crippen LogP contribution in [-0.2, 0) is 17.8 Å². The van der Waals surface area contributed by atoms with Crippen LogP contribution in [0.3, 0.4) is 0 Å². The highest BCUT2D eigenvalue weighted by Crippen LogP contribution is 2.38. The van der Waals surface area contributed by atoms with Gasteiger partial charge in [0.15, 0.2) is 5.75 Å². The van der Waals surface area contributed by atoms with Gasteiger partial charge in [-0.25, -0.2) is 0 Å². The highest BCUT2D eigenvalue weighted by Gasteiger charge is 2.31. The van der Waals surface area contributed by atoms with E-state index in [4.69, 9.17) is 16.3 Å². The molecule has 0 aliphatic carbocycles. The van der Waals surface area contributed by atoms with Gasteiger partial charge < -0.3 is 9.64 Å². The van der Waals surface area contributed by atoms with Crippen LogP contribution in [0.25, 0.3) is 0 Å². The maximum atomic E-state index is 12.8. The number of carbonyl (C=O) groups excluding carboxylic acids is 1. The SMILES string of the molecule is Cc1nn(CC(F)(F)F)c(C)c1CC(=O)N1CCOc2c(Cl)cccc21. The molecule has 1 amide bonds. The van der Waals surface area contributed by atoms with E-state index in [-0.39, 0.29) is 12.3 Å². The first kappa shape index (κ1) is 18.6. The number of amides is 1. The van der Waals surface area contributed by atoms with Gasteiger partial charge in [0, 0.05) is 11.3 Å². The summed E-state index contributed by atoms with van der Waals surface area (Å²) < 4.78 is 44.4. The van der Waals surface area contributed by atoms with E-state index in [2.05, 4.69) is 5.10 Å². The molecule has 0 N–H and O–H groups in total. The van der Waals surface area contributed by atoms with Crippen LogP contribution >= 0.6 is 11.6 Å². The number of rotatable bonds is 3. The number of aryl methyl sites for hydroxylation is 1. The minimum absolute atomic E-state index is 0.0402. The van der Waals surface area contributed by atoms with E-state index in [1.807, 2.05) is 0 Å². The number of nitrogens with zero attached hydrogens (tertiary/aromatic N) is 3. The monoisotopic (exact) mass is 387 g/mol. The van der Waals surface area contributed by atoms with Crippen molar-refractivity contribution < 1.29 is 22.7 Å². The van der Waals surface area contributed by atoms with Gasteiger partial charge in [0.2, 0.25) is 5.91 Å². The van der Waals surface area contributed by atoms with Gasteiger partial charge >= 0.3 is 6.18 Å². The van der Waals surface area contributed by atoms with Gasteiger partial charge in [-0.15, -0.1) is 0 Å². The van der Waals surface area contributed by atoms with Crippen LogP contribution in [0.15, 0.2) is 18.2 Å². The average molecular weight is 388 g/mol. The standard InChI is InChI=1S/C17H17ClF3N3O2/c1-10-12(11(2)24(22-10)9-17(19,20)21)8-15(25)23-6-7-26-16-13(18)4-3-5-14(16)23/h3-5H,6-9H2,1-2H3. The summed E-state index contributed by atoms with van der Waals surface area (Å²) in [5.41, 5.74) is 1.83. The number of fused-ring (bicyclic) bond motifs is 1. The second-order valence-corrected chi connectivity index (χ2v) is 6.49. The van der Waals surface area contributed by atoms with E-state index >= 15 is 0 Å². The fraction of sp³-hybridized carbons (Fsp3) is 0.412. The first-order valence-electron chi connectivity index (χ1n) is 7.98. The predicted octanol–water partition coefficient (Wildman–Crippen LogP) is 3.68. The van der Waals surface area contributed by atoms with Crippen molar-refractivity contribution in [2.45, 2.75) is 33.0 Å². The number of benzene rings is 1. The number of halogens is 4. The van der Waals surface area contributed by atoms with Crippen LogP contribution in [0.4, 0.5) is 18.9 Å². The number of hydrogen-bond acceptors (Lipinski definition) is 3. The van der Waals surface area contributed by atoms with E-state index < -0.39 is 12.7 Å². The molecule has 1 aliphatic heterocycles. The van der Waals surface area contributed by atoms with Gasteiger partial charge in [0.05, 0.1) is 29.4 Å². The predicted molar refractivity (Wildman–Crippen MR) is 90.8 cm³/mol. The first-order chi connectivity index (χ1) is 12.2. The van der Waals surface area contributed by atoms with Crippen LogP contribution in [0.5, 0.6) is 5.75 Å². The topological polar surface area (TPSA) is 47.4 Å². The van der Waals surface area contributed by atoms with Crippen molar-refractivity contribution in [3.05, 3.63) is 40.2 Å². The Morgan fingerprint density at radius 2 is 2.08 bits per heavy atom. The molecule has 0 spiro atoms. The molecule has 0 saturated heterocycles. The summed E-state index contributed by atoms with van der Waals surface area (Å²) in [5, 5.41) is 4.34. The molecule has 0 atom stereocenters. The average Bonchev–Trinajstić information content (AvgIpc) is 2.80. The summed E-state index contributed by atoms with van der Waals surface area (Å²) in [6.07, 6.45) is -4.41. The third-order valence-electron chi connectivity index (χ3n) is 4.29. The van der Waals surface area contributed by atoms with Gasteiger partial charge in [0.25, 0.3) is 0 Å². The summed E-state index contributed by atoms with van der Waals surface area (Å²) in [7, 11) is 0. The summed E-state index contributed by atoms with van der Waals surface area (Å²) >= 11 is 6.10. The van der Waals surface area contributed by atoms with Crippen molar-refractivity contribution in [3.8, 4) is 5.75 Å². The van der Waals surface area contributed by atoms with Crippen molar-refractivity contribution in [2.75, 3.05) is 18.1 Å². The molecule has 26 heavy (non-hydrogen) atoms. The van der Waals surface area contributed by atoms with Crippen molar-refractivity contribution in [1.82, 2.24) is 9.78 Å². The molecule has 0 radical (unpaired) electrons. The lowest BCUT2D eigenvalue weighted by Crippen LogP contribution is -2.39. The maximum absolute atomic E-state index is 12.8. The largest absolute Gasteiger partial charge is 0.488 e. The van der Waals surface area contributed by atoms with Gasteiger partial charge in [-0.1, -0.05) is 17.7 Å². The summed E-state index contributed by atoms with van der Waals surface area (Å²) in [6, 6.07) is 5.11. The lowest BCUT2D eigenvalue weighted by Gasteiger charge is -2.30. The number of aromatic nitrogens is 2. The molecular weight excluding hydrogens is 371 g/mol. The quantitative estimate of drug-likeness (QED) is 0.807. The molecule has 2 aromatic rings. The van der Waals surface area contributed by atoms with Crippen molar-refractivity contribution in [1.29, 1.82) is 0 Å². The van der Waals surface area contributed by atoms with Crippen molar-refractivity contribution in [2.24, 2.45) is 0 Å². The van der Waals surface area contributed by atoms with Crippen LogP contribution in [0.1, 0.15) is 17.0 Å². The Kier molecular flexibility index (Phi) is 4.88. The number of alkyl halides is 3. The van der Waals surface area contributed by atoms with Crippen LogP contribution in [-0.4, -0.2) is 35.0 Å². The Morgan fingerprint density at radius 3 is 2.77 bits per heavy atom. The van der Waals surface area contributed by atoms with Gasteiger partial charge in [-0.05, 0) is 26.0 Å². The molecule has 1 aliphatic rings. The van der Waals surface area contributed by atoms with Gasteiger partial charge in [-0.2, -0.15) is 18.3 Å². The lowest BCUT2D eigenvalue weighted by atomic mass is 10.1. The van der Waals surface area contributed by atoms with Crippen LogP contribution in [0, 0.1) is 13.8 Å². The molecule has 140 valence electrons. The number of ether oxygens (including phenoxy) is 1. The fourth-order valence-electron chi connectivity index (χ4n) is 3.03. The molecule has 2 heterocycles. The fourth-order valence-corrected chi connectivity index (χ4v) is 3.26. The van der Waals surface area contributed by atoms with Gasteiger partial charge in [-0.3, -0.25) is 9.48 Å². The Morgan fingerprint density at radius 1 is 1.35 bits per heavy atom. The van der Waals surface area contributed by atoms with E-state index in [0.29, 0.717) is 46.6 Å². The second-order valence-electron chi connectivity index (χ2n) is 6.08.